The van der Waals surface area contributed by atoms with Gasteiger partial charge in [-0.05, 0) is 62.2 Å². The number of rotatable bonds is 3. The quantitative estimate of drug-likeness (QED) is 0.574. The highest BCUT2D eigenvalue weighted by Crippen LogP contribution is 2.34. The molecule has 1 unspecified atom stereocenters. The summed E-state index contributed by atoms with van der Waals surface area (Å²) in [6.07, 6.45) is 3.81. The summed E-state index contributed by atoms with van der Waals surface area (Å²) < 4.78 is 14.4. The fourth-order valence-electron chi connectivity index (χ4n) is 3.62. The molecule has 140 valence electrons. The number of likely N-dealkylation sites (tertiary alicyclic amines) is 1. The van der Waals surface area contributed by atoms with Crippen LogP contribution in [0.25, 0.3) is 10.9 Å². The Morgan fingerprint density at radius 2 is 2.04 bits per heavy atom. The van der Waals surface area contributed by atoms with Gasteiger partial charge in [0, 0.05) is 11.9 Å². The maximum absolute atomic E-state index is 14.4. The van der Waals surface area contributed by atoms with Crippen molar-refractivity contribution in [2.45, 2.75) is 18.8 Å². The average Bonchev–Trinajstić information content (AvgIpc) is 2.68. The molecule has 1 aromatic heterocycles. The van der Waals surface area contributed by atoms with E-state index in [0.29, 0.717) is 11.7 Å². The van der Waals surface area contributed by atoms with Gasteiger partial charge in [0.05, 0.1) is 21.2 Å². The third kappa shape index (κ3) is 3.72. The molecule has 2 aromatic carbocycles. The smallest absolute Gasteiger partial charge is 0.166 e. The van der Waals surface area contributed by atoms with Crippen molar-refractivity contribution >= 4 is 45.6 Å². The Balaban J connectivity index is 1.72. The molecule has 0 saturated carbocycles. The molecule has 1 aliphatic rings. The number of piperidine rings is 1. The molecule has 7 heteroatoms. The van der Waals surface area contributed by atoms with E-state index in [1.165, 1.54) is 18.3 Å². The molecule has 1 aliphatic heterocycles. The Hall–Kier alpha value is -1.95. The zero-order chi connectivity index (χ0) is 19.0. The van der Waals surface area contributed by atoms with E-state index in [9.17, 15) is 4.39 Å². The van der Waals surface area contributed by atoms with Crippen LogP contribution in [-0.2, 0) is 0 Å². The molecular weight excluding hydrogens is 386 g/mol. The van der Waals surface area contributed by atoms with Gasteiger partial charge < -0.3 is 10.2 Å². The second-order valence-electron chi connectivity index (χ2n) is 6.95. The number of likely N-dealkylation sites (N-methyl/N-ethyl adjacent to an activating group) is 1. The van der Waals surface area contributed by atoms with Gasteiger partial charge in [-0.1, -0.05) is 29.3 Å². The van der Waals surface area contributed by atoms with Gasteiger partial charge in [0.2, 0.25) is 0 Å². The first-order chi connectivity index (χ1) is 13.0. The number of nitrogens with one attached hydrogen (secondary N) is 1. The predicted octanol–water partition coefficient (Wildman–Crippen LogP) is 5.63. The van der Waals surface area contributed by atoms with E-state index in [1.54, 1.807) is 12.1 Å². The van der Waals surface area contributed by atoms with Gasteiger partial charge in [0.15, 0.2) is 5.82 Å². The first-order valence-corrected chi connectivity index (χ1v) is 9.62. The topological polar surface area (TPSA) is 41.1 Å². The Labute approximate surface area is 167 Å². The zero-order valence-electron chi connectivity index (χ0n) is 14.8. The van der Waals surface area contributed by atoms with E-state index in [-0.39, 0.29) is 15.7 Å². The van der Waals surface area contributed by atoms with E-state index in [4.69, 9.17) is 23.2 Å². The summed E-state index contributed by atoms with van der Waals surface area (Å²) in [5.41, 5.74) is 2.29. The van der Waals surface area contributed by atoms with Gasteiger partial charge >= 0.3 is 0 Å². The lowest BCUT2D eigenvalue weighted by molar-refractivity contribution is 0.251. The third-order valence-electron chi connectivity index (χ3n) is 5.04. The highest BCUT2D eigenvalue weighted by atomic mass is 35.5. The lowest BCUT2D eigenvalue weighted by Gasteiger charge is -2.30. The summed E-state index contributed by atoms with van der Waals surface area (Å²) in [4.78, 5) is 11.0. The summed E-state index contributed by atoms with van der Waals surface area (Å²) in [7, 11) is 2.15. The van der Waals surface area contributed by atoms with Crippen LogP contribution in [0.2, 0.25) is 10.0 Å². The van der Waals surface area contributed by atoms with Crippen molar-refractivity contribution in [2.75, 3.05) is 25.5 Å². The summed E-state index contributed by atoms with van der Waals surface area (Å²) in [6, 6.07) is 9.34. The summed E-state index contributed by atoms with van der Waals surface area (Å²) in [5.74, 6) is 0.423. The normalized spacial score (nSPS) is 18.0. The SMILES string of the molecule is CN1CCCC(c2ccc3ncnc(Nc4ccc(Cl)c(Cl)c4F)c3c2)C1. The number of anilines is 2. The van der Waals surface area contributed by atoms with E-state index in [1.807, 2.05) is 6.07 Å². The predicted molar refractivity (Wildman–Crippen MR) is 109 cm³/mol. The van der Waals surface area contributed by atoms with Crippen LogP contribution in [0.1, 0.15) is 24.3 Å². The number of aromatic nitrogens is 2. The second kappa shape index (κ2) is 7.58. The largest absolute Gasteiger partial charge is 0.337 e. The minimum absolute atomic E-state index is 0.106. The molecule has 0 spiro atoms. The summed E-state index contributed by atoms with van der Waals surface area (Å²) in [6.45, 7) is 2.17. The molecule has 0 amide bonds. The van der Waals surface area contributed by atoms with Crippen molar-refractivity contribution in [3.63, 3.8) is 0 Å². The van der Waals surface area contributed by atoms with E-state index in [0.717, 1.165) is 30.4 Å². The molecule has 0 aliphatic carbocycles. The molecule has 1 atom stereocenters. The first kappa shape index (κ1) is 18.4. The summed E-state index contributed by atoms with van der Waals surface area (Å²) >= 11 is 11.8. The number of nitrogens with zero attached hydrogens (tertiary/aromatic N) is 3. The average molecular weight is 405 g/mol. The minimum atomic E-state index is -0.596. The standard InChI is InChI=1S/C20H19Cl2FN4/c1-27-8-2-3-13(10-27)12-4-6-16-14(9-12)20(25-11-24-16)26-17-7-5-15(21)18(22)19(17)23/h4-7,9,11,13H,2-3,8,10H2,1H3,(H,24,25,26). The molecule has 0 bridgehead atoms. The maximum atomic E-state index is 14.4. The molecule has 0 radical (unpaired) electrons. The van der Waals surface area contributed by atoms with Gasteiger partial charge in [-0.3, -0.25) is 0 Å². The molecular formula is C20H19Cl2FN4. The maximum Gasteiger partial charge on any atom is 0.166 e. The number of hydrogen-bond donors (Lipinski definition) is 1. The van der Waals surface area contributed by atoms with Gasteiger partial charge in [-0.25, -0.2) is 14.4 Å². The van der Waals surface area contributed by atoms with Crippen molar-refractivity contribution in [2.24, 2.45) is 0 Å². The lowest BCUT2D eigenvalue weighted by atomic mass is 9.90. The van der Waals surface area contributed by atoms with Crippen LogP contribution >= 0.6 is 23.2 Å². The molecule has 4 nitrogen and oxygen atoms in total. The van der Waals surface area contributed by atoms with Crippen LogP contribution in [0, 0.1) is 5.82 Å². The van der Waals surface area contributed by atoms with Gasteiger partial charge in [0.25, 0.3) is 0 Å². The van der Waals surface area contributed by atoms with Crippen LogP contribution in [0.5, 0.6) is 0 Å². The van der Waals surface area contributed by atoms with Crippen molar-refractivity contribution in [1.29, 1.82) is 0 Å². The van der Waals surface area contributed by atoms with Crippen LogP contribution < -0.4 is 5.32 Å². The van der Waals surface area contributed by atoms with Crippen molar-refractivity contribution in [3.8, 4) is 0 Å². The lowest BCUT2D eigenvalue weighted by Crippen LogP contribution is -2.30. The monoisotopic (exact) mass is 404 g/mol. The Bertz CT molecular complexity index is 995. The molecule has 4 rings (SSSR count). The highest BCUT2D eigenvalue weighted by Gasteiger charge is 2.20. The number of hydrogen-bond acceptors (Lipinski definition) is 4. The summed E-state index contributed by atoms with van der Waals surface area (Å²) in [5, 5.41) is 3.97. The molecule has 1 N–H and O–H groups in total. The van der Waals surface area contributed by atoms with E-state index >= 15 is 0 Å². The molecule has 3 aromatic rings. The Morgan fingerprint density at radius 1 is 1.19 bits per heavy atom. The third-order valence-corrected chi connectivity index (χ3v) is 5.82. The van der Waals surface area contributed by atoms with Gasteiger partial charge in [-0.2, -0.15) is 0 Å². The minimum Gasteiger partial charge on any atom is -0.337 e. The highest BCUT2D eigenvalue weighted by molar-refractivity contribution is 6.42. The van der Waals surface area contributed by atoms with E-state index in [2.05, 4.69) is 39.4 Å². The first-order valence-electron chi connectivity index (χ1n) is 8.86. The van der Waals surface area contributed by atoms with Crippen molar-refractivity contribution in [1.82, 2.24) is 14.9 Å². The zero-order valence-corrected chi connectivity index (χ0v) is 16.4. The number of halogens is 3. The second-order valence-corrected chi connectivity index (χ2v) is 7.73. The van der Waals surface area contributed by atoms with Gasteiger partial charge in [-0.15, -0.1) is 0 Å². The molecule has 27 heavy (non-hydrogen) atoms. The number of benzene rings is 2. The van der Waals surface area contributed by atoms with Crippen LogP contribution in [0.3, 0.4) is 0 Å². The van der Waals surface area contributed by atoms with Crippen LogP contribution in [-0.4, -0.2) is 35.0 Å². The molecule has 1 fully saturated rings. The Kier molecular flexibility index (Phi) is 5.17. The fourth-order valence-corrected chi connectivity index (χ4v) is 3.93. The molecule has 1 saturated heterocycles. The van der Waals surface area contributed by atoms with E-state index < -0.39 is 5.82 Å². The van der Waals surface area contributed by atoms with Crippen molar-refractivity contribution in [3.05, 3.63) is 58.1 Å². The molecule has 2 heterocycles. The van der Waals surface area contributed by atoms with Crippen molar-refractivity contribution < 1.29 is 4.39 Å². The van der Waals surface area contributed by atoms with Crippen LogP contribution in [0.15, 0.2) is 36.7 Å². The van der Waals surface area contributed by atoms with Gasteiger partial charge in [0.1, 0.15) is 12.1 Å². The number of fused-ring (bicyclic) bond motifs is 1. The fraction of sp³-hybridized carbons (Fsp3) is 0.300. The Morgan fingerprint density at radius 3 is 2.85 bits per heavy atom. The van der Waals surface area contributed by atoms with Crippen LogP contribution in [0.4, 0.5) is 15.9 Å².